The van der Waals surface area contributed by atoms with Crippen LogP contribution in [0.15, 0.2) is 33.4 Å². The van der Waals surface area contributed by atoms with Crippen molar-refractivity contribution in [3.63, 3.8) is 0 Å². The third-order valence-electron chi connectivity index (χ3n) is 2.09. The lowest BCUT2D eigenvalue weighted by Crippen LogP contribution is -1.97. The van der Waals surface area contributed by atoms with E-state index in [-0.39, 0.29) is 11.7 Å². The van der Waals surface area contributed by atoms with Crippen LogP contribution in [0, 0.1) is 6.92 Å². The second kappa shape index (κ2) is 4.58. The molecule has 0 aliphatic rings. The molecule has 0 bridgehead atoms. The number of carboxylic acids is 1. The number of anilines is 2. The summed E-state index contributed by atoms with van der Waals surface area (Å²) >= 11 is 3.39. The van der Waals surface area contributed by atoms with Crippen LogP contribution in [0.25, 0.3) is 0 Å². The number of aromatic carboxylic acids is 1. The Morgan fingerprint density at radius 3 is 2.88 bits per heavy atom. The van der Waals surface area contributed by atoms with E-state index in [1.807, 2.05) is 25.1 Å². The van der Waals surface area contributed by atoms with Gasteiger partial charge >= 0.3 is 5.97 Å². The van der Waals surface area contributed by atoms with Gasteiger partial charge in [0.25, 0.3) is 6.01 Å². The molecule has 1 heterocycles. The van der Waals surface area contributed by atoms with E-state index in [1.165, 1.54) is 0 Å². The fraction of sp³-hybridized carbons (Fsp3) is 0.0909. The summed E-state index contributed by atoms with van der Waals surface area (Å²) in [4.78, 5) is 14.4. The van der Waals surface area contributed by atoms with Gasteiger partial charge in [0.15, 0.2) is 5.69 Å². The predicted octanol–water partition coefficient (Wildman–Crippen LogP) is 3.19. The second-order valence-electron chi connectivity index (χ2n) is 3.45. The number of nitrogens with one attached hydrogen (secondary N) is 1. The minimum Gasteiger partial charge on any atom is -0.476 e. The van der Waals surface area contributed by atoms with Crippen LogP contribution < -0.4 is 5.32 Å². The average molecular weight is 297 g/mol. The molecule has 2 N–H and O–H groups in total. The summed E-state index contributed by atoms with van der Waals surface area (Å²) in [6.07, 6.45) is 1.09. The van der Waals surface area contributed by atoms with Crippen molar-refractivity contribution in [2.75, 3.05) is 5.32 Å². The lowest BCUT2D eigenvalue weighted by atomic mass is 10.2. The van der Waals surface area contributed by atoms with Crippen LogP contribution in [0.5, 0.6) is 0 Å². The van der Waals surface area contributed by atoms with Gasteiger partial charge in [-0.1, -0.05) is 6.07 Å². The van der Waals surface area contributed by atoms with Crippen LogP contribution in [0.3, 0.4) is 0 Å². The molecular formula is C11H9BrN2O3. The van der Waals surface area contributed by atoms with E-state index in [2.05, 4.69) is 26.2 Å². The van der Waals surface area contributed by atoms with Gasteiger partial charge in [-0.05, 0) is 40.5 Å². The Balaban J connectivity index is 2.22. The maximum absolute atomic E-state index is 10.6. The van der Waals surface area contributed by atoms with Crippen molar-refractivity contribution in [3.8, 4) is 0 Å². The van der Waals surface area contributed by atoms with E-state index in [1.54, 1.807) is 0 Å². The molecule has 0 radical (unpaired) electrons. The maximum atomic E-state index is 10.6. The van der Waals surface area contributed by atoms with E-state index in [0.717, 1.165) is 22.0 Å². The van der Waals surface area contributed by atoms with Gasteiger partial charge in [-0.2, -0.15) is 4.98 Å². The molecule has 1 aromatic heterocycles. The summed E-state index contributed by atoms with van der Waals surface area (Å²) in [6.45, 7) is 1.97. The molecule has 2 rings (SSSR count). The minimum atomic E-state index is -1.12. The van der Waals surface area contributed by atoms with Gasteiger partial charge in [-0.15, -0.1) is 0 Å². The molecule has 0 saturated heterocycles. The SMILES string of the molecule is Cc1ccc(Nc2nc(C(=O)O)co2)c(Br)c1. The van der Waals surface area contributed by atoms with Crippen molar-refractivity contribution in [1.82, 2.24) is 4.98 Å². The molecule has 0 spiro atoms. The van der Waals surface area contributed by atoms with Crippen molar-refractivity contribution >= 4 is 33.6 Å². The average Bonchev–Trinajstić information content (AvgIpc) is 2.71. The number of hydrogen-bond acceptors (Lipinski definition) is 4. The second-order valence-corrected chi connectivity index (χ2v) is 4.31. The third-order valence-corrected chi connectivity index (χ3v) is 2.75. The monoisotopic (exact) mass is 296 g/mol. The number of carbonyl (C=O) groups is 1. The first-order chi connectivity index (χ1) is 8.06. The molecule has 2 aromatic rings. The van der Waals surface area contributed by atoms with Crippen molar-refractivity contribution < 1.29 is 14.3 Å². The van der Waals surface area contributed by atoms with Crippen LogP contribution >= 0.6 is 15.9 Å². The molecule has 0 amide bonds. The lowest BCUT2D eigenvalue weighted by molar-refractivity contribution is 0.0690. The summed E-state index contributed by atoms with van der Waals surface area (Å²) in [5.74, 6) is -1.12. The first-order valence-corrected chi connectivity index (χ1v) is 5.57. The van der Waals surface area contributed by atoms with Gasteiger partial charge in [0.2, 0.25) is 0 Å². The van der Waals surface area contributed by atoms with Crippen molar-refractivity contribution in [3.05, 3.63) is 40.2 Å². The Kier molecular flexibility index (Phi) is 3.14. The molecule has 17 heavy (non-hydrogen) atoms. The van der Waals surface area contributed by atoms with Gasteiger partial charge in [-0.25, -0.2) is 4.79 Å². The minimum absolute atomic E-state index is 0.129. The standard InChI is InChI=1S/C11H9BrN2O3/c1-6-2-3-8(7(12)4-6)13-11-14-9(5-17-11)10(15)16/h2-5H,1H3,(H,13,14)(H,15,16). The van der Waals surface area contributed by atoms with E-state index in [4.69, 9.17) is 9.52 Å². The Morgan fingerprint density at radius 1 is 1.53 bits per heavy atom. The highest BCUT2D eigenvalue weighted by Gasteiger charge is 2.11. The number of halogens is 1. The lowest BCUT2D eigenvalue weighted by Gasteiger charge is -2.04. The number of aromatic nitrogens is 1. The Morgan fingerprint density at radius 2 is 2.29 bits per heavy atom. The van der Waals surface area contributed by atoms with Crippen LogP contribution in [-0.4, -0.2) is 16.1 Å². The molecule has 0 unspecified atom stereocenters. The van der Waals surface area contributed by atoms with Gasteiger partial charge in [0, 0.05) is 4.47 Å². The summed E-state index contributed by atoms with van der Waals surface area (Å²) in [7, 11) is 0. The Labute approximate surface area is 106 Å². The van der Waals surface area contributed by atoms with Crippen LogP contribution in [0.4, 0.5) is 11.7 Å². The van der Waals surface area contributed by atoms with Gasteiger partial charge in [0.05, 0.1) is 5.69 Å². The number of rotatable bonds is 3. The fourth-order valence-electron chi connectivity index (χ4n) is 1.27. The first kappa shape index (κ1) is 11.7. The summed E-state index contributed by atoms with van der Waals surface area (Å²) in [6, 6.07) is 5.86. The maximum Gasteiger partial charge on any atom is 0.357 e. The predicted molar refractivity (Wildman–Crippen MR) is 65.6 cm³/mol. The van der Waals surface area contributed by atoms with Crippen molar-refractivity contribution in [2.45, 2.75) is 6.92 Å². The summed E-state index contributed by atoms with van der Waals surface area (Å²) in [5, 5.41) is 11.6. The first-order valence-electron chi connectivity index (χ1n) is 4.78. The van der Waals surface area contributed by atoms with E-state index in [0.29, 0.717) is 0 Å². The van der Waals surface area contributed by atoms with Gasteiger partial charge in [-0.3, -0.25) is 0 Å². The third kappa shape index (κ3) is 2.65. The molecule has 0 aliphatic heterocycles. The number of benzene rings is 1. The summed E-state index contributed by atoms with van der Waals surface area (Å²) < 4.78 is 5.85. The zero-order valence-corrected chi connectivity index (χ0v) is 10.5. The van der Waals surface area contributed by atoms with Crippen molar-refractivity contribution in [2.24, 2.45) is 0 Å². The number of hydrogen-bond donors (Lipinski definition) is 2. The molecule has 0 aliphatic carbocycles. The molecule has 0 fully saturated rings. The number of carboxylic acid groups (broad SMARTS) is 1. The van der Waals surface area contributed by atoms with Crippen LogP contribution in [-0.2, 0) is 0 Å². The topological polar surface area (TPSA) is 75.4 Å². The molecule has 5 nitrogen and oxygen atoms in total. The van der Waals surface area contributed by atoms with Crippen molar-refractivity contribution in [1.29, 1.82) is 0 Å². The van der Waals surface area contributed by atoms with Crippen LogP contribution in [0.1, 0.15) is 16.1 Å². The molecular weight excluding hydrogens is 288 g/mol. The molecule has 88 valence electrons. The zero-order valence-electron chi connectivity index (χ0n) is 8.90. The Hall–Kier alpha value is -1.82. The molecule has 6 heteroatoms. The quantitative estimate of drug-likeness (QED) is 0.910. The van der Waals surface area contributed by atoms with E-state index in [9.17, 15) is 4.79 Å². The van der Waals surface area contributed by atoms with Gasteiger partial charge in [0.1, 0.15) is 6.26 Å². The zero-order chi connectivity index (χ0) is 12.4. The normalized spacial score (nSPS) is 10.2. The van der Waals surface area contributed by atoms with Crippen LogP contribution in [0.2, 0.25) is 0 Å². The number of aryl methyl sites for hydroxylation is 1. The highest BCUT2D eigenvalue weighted by molar-refractivity contribution is 9.10. The van der Waals surface area contributed by atoms with Gasteiger partial charge < -0.3 is 14.8 Å². The highest BCUT2D eigenvalue weighted by atomic mass is 79.9. The highest BCUT2D eigenvalue weighted by Crippen LogP contribution is 2.26. The molecule has 0 atom stereocenters. The van der Waals surface area contributed by atoms with E-state index < -0.39 is 5.97 Å². The molecule has 1 aromatic carbocycles. The van der Waals surface area contributed by atoms with E-state index >= 15 is 0 Å². The largest absolute Gasteiger partial charge is 0.476 e. The summed E-state index contributed by atoms with van der Waals surface area (Å²) in [5.41, 5.74) is 1.74. The fourth-order valence-corrected chi connectivity index (χ4v) is 1.86. The smallest absolute Gasteiger partial charge is 0.357 e. The number of nitrogens with zero attached hydrogens (tertiary/aromatic N) is 1. The molecule has 0 saturated carbocycles. The Bertz CT molecular complexity index is 566. The number of oxazole rings is 1.